The first-order valence-corrected chi connectivity index (χ1v) is 8.62. The summed E-state index contributed by atoms with van der Waals surface area (Å²) in [5.74, 6) is -0.580. The Kier molecular flexibility index (Phi) is 8.47. The largest absolute Gasteiger partial charge is 0.467 e. The highest BCUT2D eigenvalue weighted by Gasteiger charge is 2.26. The molecule has 5 heteroatoms. The van der Waals surface area contributed by atoms with Crippen molar-refractivity contribution in [3.63, 3.8) is 0 Å². The van der Waals surface area contributed by atoms with Crippen LogP contribution in [0.25, 0.3) is 0 Å². The Hall–Kier alpha value is -1.88. The maximum atomic E-state index is 12.1. The molecule has 5 nitrogen and oxygen atoms in total. The monoisotopic (exact) mass is 334 g/mol. The first-order valence-electron chi connectivity index (χ1n) is 8.62. The molecule has 0 radical (unpaired) electrons. The van der Waals surface area contributed by atoms with Crippen LogP contribution in [0.5, 0.6) is 0 Å². The quantitative estimate of drug-likeness (QED) is 0.681. The zero-order valence-corrected chi connectivity index (χ0v) is 15.4. The predicted molar refractivity (Wildman–Crippen MR) is 95.6 cm³/mol. The first-order chi connectivity index (χ1) is 11.4. The second-order valence-electron chi connectivity index (χ2n) is 6.15. The van der Waals surface area contributed by atoms with Crippen LogP contribution >= 0.6 is 0 Å². The number of carbonyl (C=O) groups is 2. The summed E-state index contributed by atoms with van der Waals surface area (Å²) in [5.41, 5.74) is 2.42. The number of nitrogens with one attached hydrogen (secondary N) is 2. The molecular formula is C19H30N2O3. The average molecular weight is 334 g/mol. The highest BCUT2D eigenvalue weighted by atomic mass is 16.5. The van der Waals surface area contributed by atoms with Crippen LogP contribution in [0.1, 0.15) is 51.3 Å². The molecular weight excluding hydrogens is 304 g/mol. The molecule has 0 saturated heterocycles. The maximum Gasteiger partial charge on any atom is 0.328 e. The Balaban J connectivity index is 2.55. The molecule has 0 fully saturated rings. The molecule has 3 atom stereocenters. The number of hydrogen-bond acceptors (Lipinski definition) is 4. The minimum atomic E-state index is -0.603. The van der Waals surface area contributed by atoms with Crippen LogP contribution in [-0.4, -0.2) is 31.6 Å². The number of methoxy groups -OCH3 is 1. The molecule has 1 rings (SSSR count). The van der Waals surface area contributed by atoms with Crippen LogP contribution < -0.4 is 10.6 Å². The lowest BCUT2D eigenvalue weighted by Gasteiger charge is -2.22. The molecule has 0 spiro atoms. The van der Waals surface area contributed by atoms with Gasteiger partial charge in [-0.25, -0.2) is 4.79 Å². The fourth-order valence-electron chi connectivity index (χ4n) is 2.43. The van der Waals surface area contributed by atoms with E-state index in [1.54, 1.807) is 0 Å². The van der Waals surface area contributed by atoms with E-state index in [4.69, 9.17) is 4.74 Å². The van der Waals surface area contributed by atoms with E-state index in [0.29, 0.717) is 0 Å². The normalized spacial score (nSPS) is 14.5. The Morgan fingerprint density at radius 2 is 1.75 bits per heavy atom. The number of hydrogen-bond donors (Lipinski definition) is 2. The molecule has 1 aromatic carbocycles. The van der Waals surface area contributed by atoms with Gasteiger partial charge in [0.05, 0.1) is 13.7 Å². The third-order valence-corrected chi connectivity index (χ3v) is 4.44. The highest BCUT2D eigenvalue weighted by molar-refractivity contribution is 5.85. The van der Waals surface area contributed by atoms with Crippen LogP contribution in [0.15, 0.2) is 24.3 Å². The standard InChI is InChI=1S/C19H30N2O3/c1-6-13(3)18(19(23)24-5)21-17(22)12-20-14(4)16-10-8-15(7-2)9-11-16/h8-11,13-14,18,20H,6-7,12H2,1-5H3,(H,21,22). The molecule has 0 aromatic heterocycles. The van der Waals surface area contributed by atoms with Crippen LogP contribution in [-0.2, 0) is 20.7 Å². The summed E-state index contributed by atoms with van der Waals surface area (Å²) < 4.78 is 4.78. The number of amides is 1. The van der Waals surface area contributed by atoms with Gasteiger partial charge >= 0.3 is 5.97 Å². The van der Waals surface area contributed by atoms with Crippen molar-refractivity contribution in [3.05, 3.63) is 35.4 Å². The lowest BCUT2D eigenvalue weighted by Crippen LogP contribution is -2.48. The Labute approximate surface area is 145 Å². The van der Waals surface area contributed by atoms with E-state index in [1.807, 2.05) is 20.8 Å². The third kappa shape index (κ3) is 5.96. The molecule has 134 valence electrons. The number of carbonyl (C=O) groups excluding carboxylic acids is 2. The van der Waals surface area contributed by atoms with Gasteiger partial charge in [0.2, 0.25) is 5.91 Å². The Morgan fingerprint density at radius 3 is 2.25 bits per heavy atom. The van der Waals surface area contributed by atoms with Crippen molar-refractivity contribution in [2.45, 2.75) is 52.6 Å². The van der Waals surface area contributed by atoms with Gasteiger partial charge in [-0.2, -0.15) is 0 Å². The van der Waals surface area contributed by atoms with Gasteiger partial charge in [0.1, 0.15) is 6.04 Å². The second-order valence-corrected chi connectivity index (χ2v) is 6.15. The Morgan fingerprint density at radius 1 is 1.12 bits per heavy atom. The summed E-state index contributed by atoms with van der Waals surface area (Å²) in [7, 11) is 1.34. The molecule has 0 aliphatic carbocycles. The topological polar surface area (TPSA) is 67.4 Å². The smallest absolute Gasteiger partial charge is 0.328 e. The third-order valence-electron chi connectivity index (χ3n) is 4.44. The Bertz CT molecular complexity index is 528. The van der Waals surface area contributed by atoms with Gasteiger partial charge in [-0.15, -0.1) is 0 Å². The zero-order valence-electron chi connectivity index (χ0n) is 15.4. The number of esters is 1. The molecule has 3 unspecified atom stereocenters. The summed E-state index contributed by atoms with van der Waals surface area (Å²) >= 11 is 0. The minimum Gasteiger partial charge on any atom is -0.467 e. The highest BCUT2D eigenvalue weighted by Crippen LogP contribution is 2.13. The number of rotatable bonds is 9. The fourth-order valence-corrected chi connectivity index (χ4v) is 2.43. The van der Waals surface area contributed by atoms with Crippen molar-refractivity contribution in [1.29, 1.82) is 0 Å². The van der Waals surface area contributed by atoms with Crippen molar-refractivity contribution < 1.29 is 14.3 Å². The van der Waals surface area contributed by atoms with Crippen LogP contribution in [0.2, 0.25) is 0 Å². The molecule has 0 heterocycles. The van der Waals surface area contributed by atoms with Crippen molar-refractivity contribution in [2.24, 2.45) is 5.92 Å². The number of aryl methyl sites for hydroxylation is 1. The lowest BCUT2D eigenvalue weighted by molar-refractivity contribution is -0.146. The van der Waals surface area contributed by atoms with Gasteiger partial charge in [0.15, 0.2) is 0 Å². The van der Waals surface area contributed by atoms with Gasteiger partial charge in [-0.1, -0.05) is 51.5 Å². The number of benzene rings is 1. The fraction of sp³-hybridized carbons (Fsp3) is 0.579. The lowest BCUT2D eigenvalue weighted by atomic mass is 9.99. The molecule has 0 saturated carbocycles. The van der Waals surface area contributed by atoms with E-state index < -0.39 is 12.0 Å². The van der Waals surface area contributed by atoms with Crippen LogP contribution in [0.3, 0.4) is 0 Å². The summed E-state index contributed by atoms with van der Waals surface area (Å²) in [6.07, 6.45) is 1.79. The molecule has 1 aromatic rings. The summed E-state index contributed by atoms with van der Waals surface area (Å²) in [6, 6.07) is 7.80. The van der Waals surface area contributed by atoms with E-state index in [1.165, 1.54) is 12.7 Å². The average Bonchev–Trinajstić information content (AvgIpc) is 2.62. The van der Waals surface area contributed by atoms with E-state index in [2.05, 4.69) is 41.8 Å². The van der Waals surface area contributed by atoms with Crippen LogP contribution in [0.4, 0.5) is 0 Å². The molecule has 2 N–H and O–H groups in total. The summed E-state index contributed by atoms with van der Waals surface area (Å²) in [5, 5.41) is 5.96. The second kappa shape index (κ2) is 10.1. The van der Waals surface area contributed by atoms with Crippen molar-refractivity contribution in [3.8, 4) is 0 Å². The first kappa shape index (κ1) is 20.2. The van der Waals surface area contributed by atoms with Crippen LogP contribution in [0, 0.1) is 5.92 Å². The summed E-state index contributed by atoms with van der Waals surface area (Å²) in [4.78, 5) is 24.0. The van der Waals surface area contributed by atoms with E-state index >= 15 is 0 Å². The van der Waals surface area contributed by atoms with E-state index in [9.17, 15) is 9.59 Å². The maximum absolute atomic E-state index is 12.1. The van der Waals surface area contributed by atoms with Crippen molar-refractivity contribution in [2.75, 3.05) is 13.7 Å². The predicted octanol–water partition coefficient (Wildman–Crippen LogP) is 2.60. The minimum absolute atomic E-state index is 0.0282. The van der Waals surface area contributed by atoms with E-state index in [-0.39, 0.29) is 24.4 Å². The van der Waals surface area contributed by atoms with Gasteiger partial charge in [0.25, 0.3) is 0 Å². The molecule has 0 aliphatic rings. The summed E-state index contributed by atoms with van der Waals surface area (Å²) in [6.45, 7) is 8.19. The van der Waals surface area contributed by atoms with Gasteiger partial charge in [-0.3, -0.25) is 4.79 Å². The van der Waals surface area contributed by atoms with Gasteiger partial charge < -0.3 is 15.4 Å². The van der Waals surface area contributed by atoms with Crippen molar-refractivity contribution >= 4 is 11.9 Å². The molecule has 24 heavy (non-hydrogen) atoms. The van der Waals surface area contributed by atoms with Crippen molar-refractivity contribution in [1.82, 2.24) is 10.6 Å². The molecule has 1 amide bonds. The zero-order chi connectivity index (χ0) is 18.1. The molecule has 0 bridgehead atoms. The SMILES string of the molecule is CCc1ccc(C(C)NCC(=O)NC(C(=O)OC)C(C)CC)cc1. The van der Waals surface area contributed by atoms with E-state index in [0.717, 1.165) is 18.4 Å². The van der Waals surface area contributed by atoms with Gasteiger partial charge in [-0.05, 0) is 30.4 Å². The van der Waals surface area contributed by atoms with Gasteiger partial charge in [0, 0.05) is 6.04 Å². The number of ether oxygens (including phenoxy) is 1. The molecule has 0 aliphatic heterocycles.